The SMILES string of the molecule is CCC(N)Cc1ccc(Sc2nc(C)cs2)cc1. The number of aromatic nitrogens is 1. The van der Waals surface area contributed by atoms with Crippen molar-refractivity contribution in [3.05, 3.63) is 40.9 Å². The second-order valence-corrected chi connectivity index (χ2v) is 6.55. The molecule has 18 heavy (non-hydrogen) atoms. The number of benzene rings is 1. The first-order chi connectivity index (χ1) is 8.67. The fourth-order valence-corrected chi connectivity index (χ4v) is 3.43. The van der Waals surface area contributed by atoms with Crippen LogP contribution in [0.3, 0.4) is 0 Å². The number of hydrogen-bond donors (Lipinski definition) is 1. The molecule has 1 aromatic heterocycles. The predicted molar refractivity (Wildman–Crippen MR) is 79.4 cm³/mol. The minimum absolute atomic E-state index is 0.269. The number of thiazole rings is 1. The van der Waals surface area contributed by atoms with Crippen molar-refractivity contribution in [3.8, 4) is 0 Å². The summed E-state index contributed by atoms with van der Waals surface area (Å²) in [5.74, 6) is 0. The van der Waals surface area contributed by atoms with Crippen LogP contribution in [-0.2, 0) is 6.42 Å². The van der Waals surface area contributed by atoms with E-state index in [-0.39, 0.29) is 6.04 Å². The van der Waals surface area contributed by atoms with Gasteiger partial charge in [-0.1, -0.05) is 30.8 Å². The molecular formula is C14H18N2S2. The molecule has 1 aromatic carbocycles. The van der Waals surface area contributed by atoms with Crippen LogP contribution in [-0.4, -0.2) is 11.0 Å². The molecule has 1 heterocycles. The van der Waals surface area contributed by atoms with E-state index in [0.717, 1.165) is 22.9 Å². The lowest BCUT2D eigenvalue weighted by atomic mass is 10.1. The Morgan fingerprint density at radius 3 is 2.61 bits per heavy atom. The van der Waals surface area contributed by atoms with Gasteiger partial charge in [-0.15, -0.1) is 11.3 Å². The predicted octanol–water partition coefficient (Wildman–Crippen LogP) is 3.88. The molecule has 0 aliphatic carbocycles. The van der Waals surface area contributed by atoms with E-state index >= 15 is 0 Å². The van der Waals surface area contributed by atoms with Gasteiger partial charge in [0.25, 0.3) is 0 Å². The van der Waals surface area contributed by atoms with Crippen LogP contribution in [0.15, 0.2) is 38.9 Å². The maximum absolute atomic E-state index is 5.96. The Balaban J connectivity index is 1.99. The van der Waals surface area contributed by atoms with E-state index in [4.69, 9.17) is 5.73 Å². The van der Waals surface area contributed by atoms with E-state index in [1.807, 2.05) is 6.92 Å². The summed E-state index contributed by atoms with van der Waals surface area (Å²) in [7, 11) is 0. The smallest absolute Gasteiger partial charge is 0.154 e. The molecular weight excluding hydrogens is 260 g/mol. The third kappa shape index (κ3) is 3.83. The topological polar surface area (TPSA) is 38.9 Å². The van der Waals surface area contributed by atoms with Gasteiger partial charge in [0.2, 0.25) is 0 Å². The molecule has 0 aliphatic heterocycles. The summed E-state index contributed by atoms with van der Waals surface area (Å²) in [6.45, 7) is 4.15. The highest BCUT2D eigenvalue weighted by Crippen LogP contribution is 2.30. The van der Waals surface area contributed by atoms with E-state index in [9.17, 15) is 0 Å². The normalized spacial score (nSPS) is 12.6. The largest absolute Gasteiger partial charge is 0.327 e. The molecule has 0 amide bonds. The summed E-state index contributed by atoms with van der Waals surface area (Å²) in [6.07, 6.45) is 1.98. The molecule has 0 radical (unpaired) electrons. The molecule has 0 fully saturated rings. The highest BCUT2D eigenvalue weighted by Gasteiger charge is 2.04. The first kappa shape index (κ1) is 13.6. The second-order valence-electron chi connectivity index (χ2n) is 4.37. The van der Waals surface area contributed by atoms with Crippen molar-refractivity contribution >= 4 is 23.1 Å². The van der Waals surface area contributed by atoms with Gasteiger partial charge in [-0.2, -0.15) is 0 Å². The Hall–Kier alpha value is -0.840. The lowest BCUT2D eigenvalue weighted by Crippen LogP contribution is -2.21. The molecule has 0 aliphatic rings. The molecule has 4 heteroatoms. The lowest BCUT2D eigenvalue weighted by molar-refractivity contribution is 0.646. The highest BCUT2D eigenvalue weighted by molar-refractivity contribution is 8.01. The minimum atomic E-state index is 0.269. The van der Waals surface area contributed by atoms with Crippen molar-refractivity contribution in [1.29, 1.82) is 0 Å². The second kappa shape index (κ2) is 6.36. The zero-order valence-corrected chi connectivity index (χ0v) is 12.4. The first-order valence-corrected chi connectivity index (χ1v) is 7.81. The highest BCUT2D eigenvalue weighted by atomic mass is 32.2. The van der Waals surface area contributed by atoms with Gasteiger partial charge in [0, 0.05) is 22.0 Å². The fraction of sp³-hybridized carbons (Fsp3) is 0.357. The number of hydrogen-bond acceptors (Lipinski definition) is 4. The summed E-state index contributed by atoms with van der Waals surface area (Å²) < 4.78 is 1.10. The van der Waals surface area contributed by atoms with Crippen LogP contribution in [0.1, 0.15) is 24.6 Å². The molecule has 2 aromatic rings. The van der Waals surface area contributed by atoms with Crippen LogP contribution in [0, 0.1) is 6.92 Å². The van der Waals surface area contributed by atoms with E-state index in [1.165, 1.54) is 10.5 Å². The van der Waals surface area contributed by atoms with Crippen molar-refractivity contribution < 1.29 is 0 Å². The van der Waals surface area contributed by atoms with Crippen LogP contribution in [0.5, 0.6) is 0 Å². The first-order valence-electron chi connectivity index (χ1n) is 6.12. The third-order valence-corrected chi connectivity index (χ3v) is 4.81. The average Bonchev–Trinajstić information content (AvgIpc) is 2.77. The van der Waals surface area contributed by atoms with Gasteiger partial charge < -0.3 is 5.73 Å². The molecule has 0 spiro atoms. The Labute approximate surface area is 117 Å². The molecule has 2 nitrogen and oxygen atoms in total. The van der Waals surface area contributed by atoms with E-state index in [0.29, 0.717) is 0 Å². The summed E-state index contributed by atoms with van der Waals surface area (Å²) >= 11 is 3.41. The number of nitrogens with two attached hydrogens (primary N) is 1. The van der Waals surface area contributed by atoms with Crippen LogP contribution in [0.2, 0.25) is 0 Å². The number of nitrogens with zero attached hydrogens (tertiary/aromatic N) is 1. The zero-order valence-electron chi connectivity index (χ0n) is 10.7. The fourth-order valence-electron chi connectivity index (χ4n) is 1.62. The molecule has 1 atom stereocenters. The number of aryl methyl sites for hydroxylation is 1. The Morgan fingerprint density at radius 1 is 1.33 bits per heavy atom. The molecule has 0 bridgehead atoms. The van der Waals surface area contributed by atoms with Gasteiger partial charge in [-0.3, -0.25) is 0 Å². The minimum Gasteiger partial charge on any atom is -0.327 e. The number of rotatable bonds is 5. The Kier molecular flexibility index (Phi) is 4.80. The molecule has 2 rings (SSSR count). The summed E-state index contributed by atoms with van der Waals surface area (Å²) in [5, 5.41) is 2.08. The van der Waals surface area contributed by atoms with Gasteiger partial charge in [0.1, 0.15) is 0 Å². The van der Waals surface area contributed by atoms with Crippen LogP contribution < -0.4 is 5.73 Å². The van der Waals surface area contributed by atoms with E-state index < -0.39 is 0 Å². The molecule has 2 N–H and O–H groups in total. The Bertz CT molecular complexity index is 491. The van der Waals surface area contributed by atoms with E-state index in [1.54, 1.807) is 23.1 Å². The molecule has 0 saturated carbocycles. The summed E-state index contributed by atoms with van der Waals surface area (Å²) in [4.78, 5) is 5.69. The maximum Gasteiger partial charge on any atom is 0.154 e. The van der Waals surface area contributed by atoms with Crippen LogP contribution in [0.4, 0.5) is 0 Å². The summed E-state index contributed by atoms with van der Waals surface area (Å²) in [5.41, 5.74) is 8.36. The lowest BCUT2D eigenvalue weighted by Gasteiger charge is -2.08. The zero-order chi connectivity index (χ0) is 13.0. The third-order valence-electron chi connectivity index (χ3n) is 2.75. The van der Waals surface area contributed by atoms with Gasteiger partial charge in [0.15, 0.2) is 4.34 Å². The monoisotopic (exact) mass is 278 g/mol. The van der Waals surface area contributed by atoms with Crippen molar-refractivity contribution in [2.75, 3.05) is 0 Å². The van der Waals surface area contributed by atoms with Crippen molar-refractivity contribution in [3.63, 3.8) is 0 Å². The average molecular weight is 278 g/mol. The quantitative estimate of drug-likeness (QED) is 0.902. The summed E-state index contributed by atoms with van der Waals surface area (Å²) in [6, 6.07) is 8.90. The van der Waals surface area contributed by atoms with Crippen molar-refractivity contribution in [2.45, 2.75) is 42.0 Å². The Morgan fingerprint density at radius 2 is 2.06 bits per heavy atom. The van der Waals surface area contributed by atoms with Crippen LogP contribution >= 0.6 is 23.1 Å². The molecule has 96 valence electrons. The van der Waals surface area contributed by atoms with Gasteiger partial charge in [0.05, 0.1) is 0 Å². The van der Waals surface area contributed by atoms with Crippen LogP contribution in [0.25, 0.3) is 0 Å². The maximum atomic E-state index is 5.96. The van der Waals surface area contributed by atoms with Gasteiger partial charge >= 0.3 is 0 Å². The standard InChI is InChI=1S/C14H18N2S2/c1-3-12(15)8-11-4-6-13(7-5-11)18-14-16-10(2)9-17-14/h4-7,9,12H,3,8,15H2,1-2H3. The van der Waals surface area contributed by atoms with E-state index in [2.05, 4.69) is 41.6 Å². The van der Waals surface area contributed by atoms with Crippen molar-refractivity contribution in [2.24, 2.45) is 5.73 Å². The molecule has 0 saturated heterocycles. The van der Waals surface area contributed by atoms with Gasteiger partial charge in [-0.25, -0.2) is 4.98 Å². The molecule has 1 unspecified atom stereocenters. The van der Waals surface area contributed by atoms with Crippen molar-refractivity contribution in [1.82, 2.24) is 4.98 Å². The van der Waals surface area contributed by atoms with Gasteiger partial charge in [-0.05, 0) is 37.5 Å².